The minimum Gasteiger partial charge on any atom is -0.493 e. The average Bonchev–Trinajstić information content (AvgIpc) is 4.15. The van der Waals surface area contributed by atoms with Gasteiger partial charge in [-0.2, -0.15) is 0 Å². The Morgan fingerprint density at radius 2 is 1.27 bits per heavy atom. The van der Waals surface area contributed by atoms with Gasteiger partial charge in [0.05, 0.1) is 48.8 Å². The maximum absolute atomic E-state index is 14.3. The highest BCUT2D eigenvalue weighted by atomic mass is 16.6. The smallest absolute Gasteiger partial charge is 0.260 e. The summed E-state index contributed by atoms with van der Waals surface area (Å²) >= 11 is 0. The van der Waals surface area contributed by atoms with Crippen LogP contribution in [0.15, 0.2) is 96.2 Å². The second-order valence-corrected chi connectivity index (χ2v) is 20.4. The molecule has 0 saturated heterocycles. The van der Waals surface area contributed by atoms with E-state index >= 15 is 0 Å². The van der Waals surface area contributed by atoms with Crippen LogP contribution < -0.4 is 60.2 Å². The standard InChI is InChI=1S/C60H69N9O11/c1-7-63-80-22-14-21-61-55(70)19-12-13-20-56(71)64-36(2)57(72)65-37(3)58(73)66-42-24-38(34-78-53-30-47-45(28-51(53)76-5)59(74)68-43(32-62-47)26-40-15-8-10-17-48(40)68)23-39(25-42)35-79-54-31-50-46(29-52(54)77-6)60(75)69-44(33-67(50)4)27-41-16-9-11-18-49(41)69/h7-11,15-18,23-25,28-31,36-37,43-44,62H,12-14,19-22,26-27,32-35H2,1-6H3,(H,61,70)(H,64,71)(H,65,72)(H,66,73)/t36-,37-,43-,44-/m0/s1. The fraction of sp³-hybridized carbons (Fsp3) is 0.383. The van der Waals surface area contributed by atoms with Gasteiger partial charge in [-0.1, -0.05) is 41.6 Å². The summed E-state index contributed by atoms with van der Waals surface area (Å²) in [7, 11) is 5.00. The van der Waals surface area contributed by atoms with Gasteiger partial charge in [0, 0.05) is 81.4 Å². The number of anilines is 5. The van der Waals surface area contributed by atoms with Gasteiger partial charge in [0.15, 0.2) is 23.0 Å². The number of carbonyl (C=O) groups is 6. The molecule has 420 valence electrons. The molecule has 4 heterocycles. The van der Waals surface area contributed by atoms with Gasteiger partial charge in [-0.3, -0.25) is 28.8 Å². The first kappa shape index (κ1) is 55.9. The Labute approximate surface area is 465 Å². The second kappa shape index (κ2) is 25.3. The lowest BCUT2D eigenvalue weighted by Gasteiger charge is -2.25. The SMILES string of the molecule is CC=NOCCCNC(=O)CCCCC(=O)N[C@@H](C)C(=O)N[C@@H](C)C(=O)Nc1cc(COc2cc3c(cc2OC)C(=O)N2c4ccccc4C[C@H]2CN3)cc(COc2cc3c(cc2OC)C(=O)N2c4ccccc4C[C@H]2CN3C)c1. The highest BCUT2D eigenvalue weighted by molar-refractivity contribution is 6.13. The van der Waals surface area contributed by atoms with Gasteiger partial charge < -0.3 is 65.1 Å². The van der Waals surface area contributed by atoms with Crippen LogP contribution in [0.25, 0.3) is 0 Å². The van der Waals surface area contributed by atoms with Crippen LogP contribution >= 0.6 is 0 Å². The zero-order valence-electron chi connectivity index (χ0n) is 46.0. The van der Waals surface area contributed by atoms with E-state index in [2.05, 4.69) is 42.7 Å². The van der Waals surface area contributed by atoms with E-state index in [0.29, 0.717) is 108 Å². The highest BCUT2D eigenvalue weighted by Crippen LogP contribution is 2.43. The van der Waals surface area contributed by atoms with E-state index in [0.717, 1.165) is 35.3 Å². The van der Waals surface area contributed by atoms with Crippen LogP contribution in [0.1, 0.15) is 95.8 Å². The monoisotopic (exact) mass is 1090 g/mol. The van der Waals surface area contributed by atoms with E-state index in [1.807, 2.05) is 71.4 Å². The molecule has 0 saturated carbocycles. The van der Waals surface area contributed by atoms with Gasteiger partial charge in [0.2, 0.25) is 23.6 Å². The quantitative estimate of drug-likeness (QED) is 0.0255. The zero-order valence-corrected chi connectivity index (χ0v) is 46.0. The predicted molar refractivity (Wildman–Crippen MR) is 304 cm³/mol. The molecule has 6 amide bonds. The first-order valence-corrected chi connectivity index (χ1v) is 27.1. The second-order valence-electron chi connectivity index (χ2n) is 20.4. The molecule has 20 nitrogen and oxygen atoms in total. The average molecular weight is 1090 g/mol. The molecule has 4 aliphatic heterocycles. The van der Waals surface area contributed by atoms with Crippen LogP contribution in [-0.2, 0) is 50.1 Å². The van der Waals surface area contributed by atoms with Crippen LogP contribution in [0.4, 0.5) is 28.4 Å². The topological polar surface area (TPSA) is 231 Å². The molecule has 4 atom stereocenters. The number of hydrogen-bond donors (Lipinski definition) is 5. The molecule has 0 spiro atoms. The molecule has 0 unspecified atom stereocenters. The molecular weight excluding hydrogens is 1020 g/mol. The Bertz CT molecular complexity index is 3180. The summed E-state index contributed by atoms with van der Waals surface area (Å²) in [6.45, 7) is 6.80. The summed E-state index contributed by atoms with van der Waals surface area (Å²) in [4.78, 5) is 91.3. The van der Waals surface area contributed by atoms with Crippen molar-refractivity contribution in [2.75, 3.05) is 72.8 Å². The number of fused-ring (bicyclic) bond motifs is 8. The number of rotatable bonds is 23. The van der Waals surface area contributed by atoms with Crippen molar-refractivity contribution >= 4 is 70.1 Å². The largest absolute Gasteiger partial charge is 0.493 e. The third kappa shape index (κ3) is 12.7. The van der Waals surface area contributed by atoms with E-state index in [4.69, 9.17) is 23.8 Å². The van der Waals surface area contributed by atoms with Crippen LogP contribution in [0, 0.1) is 0 Å². The summed E-state index contributed by atoms with van der Waals surface area (Å²) in [6.07, 6.45) is 4.94. The number of nitrogens with zero attached hydrogens (tertiary/aromatic N) is 4. The number of nitrogens with one attached hydrogen (secondary N) is 5. The number of hydrogen-bond acceptors (Lipinski definition) is 14. The molecule has 0 aliphatic carbocycles. The molecule has 9 rings (SSSR count). The van der Waals surface area contributed by atoms with Crippen molar-refractivity contribution in [1.29, 1.82) is 0 Å². The number of carbonyl (C=O) groups excluding carboxylic acids is 6. The van der Waals surface area contributed by atoms with Crippen molar-refractivity contribution in [3.05, 3.63) is 124 Å². The van der Waals surface area contributed by atoms with Gasteiger partial charge in [0.1, 0.15) is 31.9 Å². The molecule has 0 fully saturated rings. The Morgan fingerprint density at radius 3 is 1.94 bits per heavy atom. The molecule has 80 heavy (non-hydrogen) atoms. The first-order chi connectivity index (χ1) is 38.7. The van der Waals surface area contributed by atoms with Crippen molar-refractivity contribution in [2.45, 2.75) is 103 Å². The number of unbranched alkanes of at least 4 members (excludes halogenated alkanes) is 1. The van der Waals surface area contributed by atoms with Crippen molar-refractivity contribution in [3.63, 3.8) is 0 Å². The minimum absolute atomic E-state index is 0.000208. The summed E-state index contributed by atoms with van der Waals surface area (Å²) in [5.74, 6) is -0.331. The number of benzene rings is 5. The number of para-hydroxylation sites is 2. The maximum atomic E-state index is 14.3. The van der Waals surface area contributed by atoms with Crippen molar-refractivity contribution < 1.29 is 52.6 Å². The fourth-order valence-electron chi connectivity index (χ4n) is 10.7. The van der Waals surface area contributed by atoms with Gasteiger partial charge >= 0.3 is 0 Å². The Hall–Kier alpha value is -8.81. The van der Waals surface area contributed by atoms with Crippen LogP contribution in [0.3, 0.4) is 0 Å². The molecule has 0 radical (unpaired) electrons. The fourth-order valence-corrected chi connectivity index (χ4v) is 10.7. The van der Waals surface area contributed by atoms with Gasteiger partial charge in [0.25, 0.3) is 11.8 Å². The normalized spacial score (nSPS) is 16.5. The Morgan fingerprint density at radius 1 is 0.688 bits per heavy atom. The predicted octanol–water partition coefficient (Wildman–Crippen LogP) is 6.92. The Balaban J connectivity index is 0.884. The zero-order chi connectivity index (χ0) is 56.5. The van der Waals surface area contributed by atoms with Crippen molar-refractivity contribution in [1.82, 2.24) is 16.0 Å². The van der Waals surface area contributed by atoms with Crippen LogP contribution in [0.2, 0.25) is 0 Å². The lowest BCUT2D eigenvalue weighted by atomic mass is 10.1. The minimum atomic E-state index is -1.03. The van der Waals surface area contributed by atoms with Crippen molar-refractivity contribution in [3.8, 4) is 23.0 Å². The van der Waals surface area contributed by atoms with Crippen LogP contribution in [-0.4, -0.2) is 113 Å². The highest BCUT2D eigenvalue weighted by Gasteiger charge is 2.40. The van der Waals surface area contributed by atoms with E-state index < -0.39 is 23.9 Å². The summed E-state index contributed by atoms with van der Waals surface area (Å²) in [5.41, 5.74) is 7.95. The third-order valence-electron chi connectivity index (χ3n) is 14.7. The molecule has 4 aliphatic rings. The molecule has 0 bridgehead atoms. The molecular formula is C60H69N9O11. The van der Waals surface area contributed by atoms with Gasteiger partial charge in [-0.15, -0.1) is 0 Å². The Kier molecular flexibility index (Phi) is 17.7. The lowest BCUT2D eigenvalue weighted by molar-refractivity contribution is -0.130. The molecule has 5 aromatic rings. The van der Waals surface area contributed by atoms with E-state index in [9.17, 15) is 28.8 Å². The number of oxime groups is 1. The van der Waals surface area contributed by atoms with E-state index in [-0.39, 0.29) is 61.8 Å². The first-order valence-electron chi connectivity index (χ1n) is 27.1. The molecule has 5 N–H and O–H groups in total. The number of amides is 6. The summed E-state index contributed by atoms with van der Waals surface area (Å²) in [5, 5.41) is 18.3. The van der Waals surface area contributed by atoms with Gasteiger partial charge in [-0.25, -0.2) is 0 Å². The van der Waals surface area contributed by atoms with E-state index in [1.165, 1.54) is 28.1 Å². The molecule has 5 aromatic carbocycles. The van der Waals surface area contributed by atoms with Crippen molar-refractivity contribution in [2.24, 2.45) is 5.16 Å². The number of likely N-dealkylation sites (N-methyl/N-ethyl adjacent to an activating group) is 1. The molecule has 20 heteroatoms. The lowest BCUT2D eigenvalue weighted by Crippen LogP contribution is -2.50. The molecule has 0 aromatic heterocycles. The summed E-state index contributed by atoms with van der Waals surface area (Å²) in [6, 6.07) is 26.2. The number of ether oxygens (including phenoxy) is 4. The van der Waals surface area contributed by atoms with Gasteiger partial charge in [-0.05, 0) is 111 Å². The van der Waals surface area contributed by atoms with E-state index in [1.54, 1.807) is 43.5 Å². The third-order valence-corrected chi connectivity index (χ3v) is 14.7. The maximum Gasteiger partial charge on any atom is 0.260 e. The number of methoxy groups -OCH3 is 2. The summed E-state index contributed by atoms with van der Waals surface area (Å²) < 4.78 is 24.7. The van der Waals surface area contributed by atoms with Crippen LogP contribution in [0.5, 0.6) is 23.0 Å².